The molecular formula is C17H24K2-2. The molecule has 2 unspecified atom stereocenters. The van der Waals surface area contributed by atoms with E-state index in [0.29, 0.717) is 0 Å². The Kier molecular flexibility index (Phi) is 15.5. The third kappa shape index (κ3) is 9.77. The van der Waals surface area contributed by atoms with Crippen molar-refractivity contribution in [2.24, 2.45) is 11.8 Å². The summed E-state index contributed by atoms with van der Waals surface area (Å²) in [5, 5.41) is 0. The topological polar surface area (TPSA) is 0 Å². The zero-order chi connectivity index (χ0) is 11.8. The van der Waals surface area contributed by atoms with Crippen molar-refractivity contribution in [2.45, 2.75) is 44.9 Å². The second-order valence-corrected chi connectivity index (χ2v) is 5.26. The SMILES string of the molecule is C1=C[CH-]C(CCCCCC2[CH-]C=C[CH-]C2)C[CH-]1.[K+].[K+]. The minimum Gasteiger partial charge on any atom is -0.378 e. The van der Waals surface area contributed by atoms with Crippen molar-refractivity contribution in [2.75, 3.05) is 0 Å². The van der Waals surface area contributed by atoms with Gasteiger partial charge in [0, 0.05) is 0 Å². The average Bonchev–Trinajstić information content (AvgIpc) is 2.41. The molecule has 2 aliphatic carbocycles. The first-order valence-corrected chi connectivity index (χ1v) is 7.12. The fraction of sp³-hybridized carbons (Fsp3) is 0.529. The van der Waals surface area contributed by atoms with Gasteiger partial charge >= 0.3 is 103 Å². The maximum Gasteiger partial charge on any atom is 1.00 e. The van der Waals surface area contributed by atoms with Gasteiger partial charge in [-0.1, -0.05) is 32.1 Å². The summed E-state index contributed by atoms with van der Waals surface area (Å²) >= 11 is 0. The van der Waals surface area contributed by atoms with E-state index < -0.39 is 0 Å². The molecule has 96 valence electrons. The standard InChI is InChI=1S/C17H24.2K/c1-4-10-16(11-5-1)14-8-3-9-15-17-12-6-2-7-13-17;;/h1-2,4-7,10,12,16-17H,3,8-9,11,13-15H2;;/q-4;2*+1. The molecule has 0 nitrogen and oxygen atoms in total. The first-order chi connectivity index (χ1) is 8.45. The fourth-order valence-electron chi connectivity index (χ4n) is 2.68. The van der Waals surface area contributed by atoms with Crippen molar-refractivity contribution in [1.29, 1.82) is 0 Å². The quantitative estimate of drug-likeness (QED) is 0.333. The summed E-state index contributed by atoms with van der Waals surface area (Å²) < 4.78 is 0. The Bertz CT molecular complexity index is 232. The van der Waals surface area contributed by atoms with Gasteiger partial charge in [-0.3, -0.25) is 0 Å². The largest absolute Gasteiger partial charge is 1.00 e. The molecular weight excluding hydrogens is 282 g/mol. The van der Waals surface area contributed by atoms with Crippen LogP contribution in [0.2, 0.25) is 0 Å². The van der Waals surface area contributed by atoms with Gasteiger partial charge in [-0.25, -0.2) is 0 Å². The molecule has 2 atom stereocenters. The van der Waals surface area contributed by atoms with Crippen LogP contribution in [-0.4, -0.2) is 0 Å². The Morgan fingerprint density at radius 1 is 0.684 bits per heavy atom. The van der Waals surface area contributed by atoms with Gasteiger partial charge < -0.3 is 50.0 Å². The zero-order valence-corrected chi connectivity index (χ0v) is 19.0. The van der Waals surface area contributed by atoms with Crippen LogP contribution in [0, 0.1) is 37.5 Å². The van der Waals surface area contributed by atoms with Crippen LogP contribution in [0.15, 0.2) is 24.3 Å². The van der Waals surface area contributed by atoms with E-state index in [2.05, 4.69) is 50.0 Å². The molecule has 2 aliphatic rings. The normalized spacial score (nSPS) is 23.8. The van der Waals surface area contributed by atoms with Gasteiger partial charge in [0.2, 0.25) is 0 Å². The minimum atomic E-state index is 0. The van der Waals surface area contributed by atoms with E-state index in [9.17, 15) is 0 Å². The molecule has 0 fully saturated rings. The number of hydrogen-bond acceptors (Lipinski definition) is 0. The van der Waals surface area contributed by atoms with Gasteiger partial charge in [0.25, 0.3) is 0 Å². The van der Waals surface area contributed by atoms with Gasteiger partial charge in [-0.2, -0.15) is 0 Å². The molecule has 0 aromatic carbocycles. The van der Waals surface area contributed by atoms with Crippen molar-refractivity contribution in [1.82, 2.24) is 0 Å². The molecule has 0 spiro atoms. The van der Waals surface area contributed by atoms with Gasteiger partial charge in [-0.15, -0.1) is 24.7 Å². The van der Waals surface area contributed by atoms with Gasteiger partial charge in [0.05, 0.1) is 0 Å². The second-order valence-electron chi connectivity index (χ2n) is 5.26. The number of rotatable bonds is 6. The van der Waals surface area contributed by atoms with Crippen LogP contribution in [0.3, 0.4) is 0 Å². The summed E-state index contributed by atoms with van der Waals surface area (Å²) in [6, 6.07) is 0. The number of allylic oxidation sites excluding steroid dienone is 4. The van der Waals surface area contributed by atoms with Crippen LogP contribution in [0.1, 0.15) is 44.9 Å². The molecule has 0 saturated carbocycles. The molecule has 0 bridgehead atoms. The van der Waals surface area contributed by atoms with E-state index in [1.54, 1.807) is 0 Å². The number of unbranched alkanes of at least 4 members (excludes halogenated alkanes) is 2. The van der Waals surface area contributed by atoms with Crippen molar-refractivity contribution in [3.8, 4) is 0 Å². The van der Waals surface area contributed by atoms with Gasteiger partial charge in [-0.05, 0) is 0 Å². The second kappa shape index (κ2) is 13.9. The van der Waals surface area contributed by atoms with Crippen molar-refractivity contribution < 1.29 is 103 Å². The van der Waals surface area contributed by atoms with E-state index in [4.69, 9.17) is 0 Å². The Hall–Kier alpha value is 2.23. The van der Waals surface area contributed by atoms with Crippen LogP contribution in [0.25, 0.3) is 0 Å². The Labute approximate surface area is 205 Å². The molecule has 0 N–H and O–H groups in total. The average molecular weight is 307 g/mol. The third-order valence-corrected chi connectivity index (χ3v) is 3.79. The van der Waals surface area contributed by atoms with Crippen molar-refractivity contribution in [3.63, 3.8) is 0 Å². The van der Waals surface area contributed by atoms with Gasteiger partial charge in [0.15, 0.2) is 0 Å². The Balaban J connectivity index is 0.00000162. The summed E-state index contributed by atoms with van der Waals surface area (Å²) in [5.74, 6) is 1.63. The summed E-state index contributed by atoms with van der Waals surface area (Å²) in [6.07, 6.45) is 27.5. The molecule has 2 rings (SSSR count). The molecule has 0 heterocycles. The summed E-state index contributed by atoms with van der Waals surface area (Å²) in [6.45, 7) is 0. The zero-order valence-electron chi connectivity index (χ0n) is 12.7. The van der Waals surface area contributed by atoms with E-state index in [1.165, 1.54) is 44.9 Å². The number of hydrogen-bond donors (Lipinski definition) is 0. The Morgan fingerprint density at radius 2 is 1.16 bits per heavy atom. The van der Waals surface area contributed by atoms with E-state index >= 15 is 0 Å². The first kappa shape index (κ1) is 21.2. The molecule has 19 heavy (non-hydrogen) atoms. The molecule has 0 saturated heterocycles. The molecule has 2 heteroatoms. The molecule has 0 aromatic rings. The summed E-state index contributed by atoms with van der Waals surface area (Å²) in [5.41, 5.74) is 0. The predicted octanol–water partition coefficient (Wildman–Crippen LogP) is -1.09. The smallest absolute Gasteiger partial charge is 0.378 e. The van der Waals surface area contributed by atoms with Crippen molar-refractivity contribution >= 4 is 0 Å². The predicted molar refractivity (Wildman–Crippen MR) is 74.8 cm³/mol. The van der Waals surface area contributed by atoms with Crippen LogP contribution in [0.4, 0.5) is 0 Å². The van der Waals surface area contributed by atoms with E-state index in [0.717, 1.165) is 11.8 Å². The van der Waals surface area contributed by atoms with Crippen LogP contribution in [0.5, 0.6) is 0 Å². The van der Waals surface area contributed by atoms with E-state index in [1.807, 2.05) is 0 Å². The molecule has 0 aliphatic heterocycles. The van der Waals surface area contributed by atoms with E-state index in [-0.39, 0.29) is 103 Å². The van der Waals surface area contributed by atoms with Crippen LogP contribution in [-0.2, 0) is 0 Å². The summed E-state index contributed by atoms with van der Waals surface area (Å²) in [7, 11) is 0. The molecule has 0 amide bonds. The summed E-state index contributed by atoms with van der Waals surface area (Å²) in [4.78, 5) is 0. The van der Waals surface area contributed by atoms with Gasteiger partial charge in [0.1, 0.15) is 0 Å². The van der Waals surface area contributed by atoms with Crippen molar-refractivity contribution in [3.05, 3.63) is 50.0 Å². The van der Waals surface area contributed by atoms with Crippen LogP contribution < -0.4 is 103 Å². The fourth-order valence-corrected chi connectivity index (χ4v) is 2.68. The first-order valence-electron chi connectivity index (χ1n) is 7.12. The monoisotopic (exact) mass is 306 g/mol. The maximum atomic E-state index is 2.37. The molecule has 0 radical (unpaired) electrons. The molecule has 0 aromatic heterocycles. The van der Waals surface area contributed by atoms with Crippen LogP contribution >= 0.6 is 0 Å². The maximum absolute atomic E-state index is 2.37. The Morgan fingerprint density at radius 3 is 1.53 bits per heavy atom. The minimum absolute atomic E-state index is 0. The third-order valence-electron chi connectivity index (χ3n) is 3.79.